The van der Waals surface area contributed by atoms with Crippen LogP contribution in [0.15, 0.2) is 47.6 Å². The fraction of sp³-hybridized carbons (Fsp3) is 0.438. The third-order valence-corrected chi connectivity index (χ3v) is 8.39. The molecule has 0 aromatic heterocycles. The van der Waals surface area contributed by atoms with Crippen molar-refractivity contribution in [3.63, 3.8) is 0 Å². The van der Waals surface area contributed by atoms with E-state index in [1.807, 2.05) is 18.2 Å². The van der Waals surface area contributed by atoms with E-state index < -0.39 is 18.0 Å². The van der Waals surface area contributed by atoms with Crippen LogP contribution in [0.5, 0.6) is 11.5 Å². The number of halogens is 2. The normalized spacial score (nSPS) is 18.2. The largest absolute Gasteiger partial charge is 0.493 e. The molecule has 1 saturated carbocycles. The Hall–Kier alpha value is -3.84. The van der Waals surface area contributed by atoms with Crippen molar-refractivity contribution in [3.8, 4) is 11.5 Å². The number of nitrogens with zero attached hydrogens (tertiary/aromatic N) is 2. The summed E-state index contributed by atoms with van der Waals surface area (Å²) >= 11 is 12.2. The zero-order valence-electron chi connectivity index (χ0n) is 25.7. The van der Waals surface area contributed by atoms with Crippen LogP contribution in [0.3, 0.4) is 0 Å². The van der Waals surface area contributed by atoms with Crippen LogP contribution in [-0.4, -0.2) is 77.7 Å². The highest BCUT2D eigenvalue weighted by Gasteiger charge is 2.41. The number of benzene rings is 2. The Morgan fingerprint density at radius 3 is 2.22 bits per heavy atom. The maximum atomic E-state index is 13.3. The number of hydrogen-bond acceptors (Lipinski definition) is 9. The summed E-state index contributed by atoms with van der Waals surface area (Å²) in [5, 5.41) is 36.5. The lowest BCUT2D eigenvalue weighted by Crippen LogP contribution is -2.46. The molecule has 46 heavy (non-hydrogen) atoms. The summed E-state index contributed by atoms with van der Waals surface area (Å²) in [6.07, 6.45) is 6.00. The van der Waals surface area contributed by atoms with E-state index in [-0.39, 0.29) is 17.7 Å². The standard InChI is InChI=1S/C28H36Cl2N4O4.C4H4O4/c1-37-24-10-9-17(15-25(24)38-2)27-19-7-3-4-8-20(19)28(36)34(33-27)12-6-5-11-32-16-23(35)18-13-21(29)26(31)22(30)14-18;5-3(6)1-2-4(7)8/h9-10,13-15,19-20,23,32,35H,3-8,11-12,16,31H2,1-2H3;1-2H,(H,5,6)(H,7,8)/t19-,20+,23?;/m0./s1. The molecule has 2 aromatic carbocycles. The summed E-state index contributed by atoms with van der Waals surface area (Å²) in [5.41, 5.74) is 8.61. The molecule has 4 rings (SSSR count). The summed E-state index contributed by atoms with van der Waals surface area (Å²) < 4.78 is 10.9. The van der Waals surface area contributed by atoms with Gasteiger partial charge in [-0.3, -0.25) is 4.79 Å². The van der Waals surface area contributed by atoms with Crippen molar-refractivity contribution in [2.24, 2.45) is 16.9 Å². The van der Waals surface area contributed by atoms with E-state index in [4.69, 9.17) is 53.7 Å². The van der Waals surface area contributed by atoms with Crippen LogP contribution < -0.4 is 20.5 Å². The number of methoxy groups -OCH3 is 2. The molecule has 1 fully saturated rings. The molecule has 0 spiro atoms. The summed E-state index contributed by atoms with van der Waals surface area (Å²) in [6.45, 7) is 1.59. The zero-order valence-corrected chi connectivity index (χ0v) is 27.3. The third kappa shape index (κ3) is 10.1. The average Bonchev–Trinajstić information content (AvgIpc) is 3.04. The number of anilines is 1. The Morgan fingerprint density at radius 2 is 1.63 bits per heavy atom. The van der Waals surface area contributed by atoms with E-state index in [1.54, 1.807) is 31.4 Å². The van der Waals surface area contributed by atoms with Gasteiger partial charge in [-0.2, -0.15) is 5.10 Å². The van der Waals surface area contributed by atoms with Crippen molar-refractivity contribution in [1.29, 1.82) is 0 Å². The molecule has 1 aliphatic heterocycles. The predicted molar refractivity (Wildman–Crippen MR) is 176 cm³/mol. The second kappa shape index (κ2) is 17.7. The highest BCUT2D eigenvalue weighted by molar-refractivity contribution is 6.38. The summed E-state index contributed by atoms with van der Waals surface area (Å²) in [6, 6.07) is 9.10. The molecule has 0 bridgehead atoms. The van der Waals surface area contributed by atoms with Crippen LogP contribution in [0.4, 0.5) is 5.69 Å². The minimum Gasteiger partial charge on any atom is -0.493 e. The van der Waals surface area contributed by atoms with Gasteiger partial charge in [-0.1, -0.05) is 36.0 Å². The molecule has 1 aliphatic carbocycles. The molecule has 2 aliphatic rings. The number of unbranched alkanes of at least 4 members (excludes halogenated alkanes) is 1. The average molecular weight is 680 g/mol. The predicted octanol–water partition coefficient (Wildman–Crippen LogP) is 4.76. The number of aliphatic carboxylic acids is 2. The highest BCUT2D eigenvalue weighted by atomic mass is 35.5. The van der Waals surface area contributed by atoms with Gasteiger partial charge >= 0.3 is 11.9 Å². The molecule has 12 nitrogen and oxygen atoms in total. The molecule has 14 heteroatoms. The molecule has 2 aromatic rings. The van der Waals surface area contributed by atoms with Gasteiger partial charge < -0.3 is 35.8 Å². The summed E-state index contributed by atoms with van der Waals surface area (Å²) in [5.74, 6) is -0.972. The zero-order chi connectivity index (χ0) is 33.8. The number of nitrogens with one attached hydrogen (secondary N) is 1. The number of carboxylic acids is 2. The lowest BCUT2D eigenvalue weighted by atomic mass is 9.73. The number of nitrogens with two attached hydrogens (primary N) is 1. The molecule has 1 amide bonds. The van der Waals surface area contributed by atoms with Crippen LogP contribution in [0.25, 0.3) is 0 Å². The smallest absolute Gasteiger partial charge is 0.328 e. The van der Waals surface area contributed by atoms with E-state index in [1.165, 1.54) is 0 Å². The second-order valence-electron chi connectivity index (χ2n) is 10.8. The van der Waals surface area contributed by atoms with Crippen LogP contribution in [0.2, 0.25) is 10.0 Å². The Kier molecular flexibility index (Phi) is 14.1. The number of fused-ring (bicyclic) bond motifs is 1. The van der Waals surface area contributed by atoms with Gasteiger partial charge in [0.1, 0.15) is 0 Å². The number of ether oxygens (including phenoxy) is 2. The van der Waals surface area contributed by atoms with E-state index in [0.717, 1.165) is 49.8 Å². The van der Waals surface area contributed by atoms with Crippen LogP contribution in [0, 0.1) is 11.8 Å². The minimum absolute atomic E-state index is 0.0313. The number of carbonyl (C=O) groups excluding carboxylic acids is 1. The number of hydrogen-bond donors (Lipinski definition) is 5. The lowest BCUT2D eigenvalue weighted by Gasteiger charge is -2.38. The van der Waals surface area contributed by atoms with Crippen molar-refractivity contribution in [3.05, 3.63) is 63.7 Å². The molecule has 250 valence electrons. The minimum atomic E-state index is -1.26. The Balaban J connectivity index is 0.000000637. The van der Waals surface area contributed by atoms with Crippen molar-refractivity contribution >= 4 is 52.4 Å². The number of hydrazone groups is 1. The first-order valence-electron chi connectivity index (χ1n) is 14.9. The molecule has 1 unspecified atom stereocenters. The second-order valence-corrected chi connectivity index (χ2v) is 11.7. The Bertz CT molecular complexity index is 1410. The monoisotopic (exact) mass is 678 g/mol. The van der Waals surface area contributed by atoms with Gasteiger partial charge in [0, 0.05) is 42.6 Å². The molecule has 0 saturated heterocycles. The van der Waals surface area contributed by atoms with Gasteiger partial charge in [0.15, 0.2) is 11.5 Å². The fourth-order valence-electron chi connectivity index (χ4n) is 5.43. The number of carboxylic acid groups (broad SMARTS) is 2. The fourth-order valence-corrected chi connectivity index (χ4v) is 5.94. The number of aliphatic hydroxyl groups excluding tert-OH is 1. The number of nitrogen functional groups attached to an aromatic ring is 1. The van der Waals surface area contributed by atoms with Crippen molar-refractivity contribution < 1.29 is 39.2 Å². The van der Waals surface area contributed by atoms with Crippen LogP contribution in [0.1, 0.15) is 55.8 Å². The van der Waals surface area contributed by atoms with E-state index in [0.29, 0.717) is 64.6 Å². The maximum Gasteiger partial charge on any atom is 0.328 e. The number of carbonyl (C=O) groups is 3. The first-order valence-corrected chi connectivity index (χ1v) is 15.6. The topological polar surface area (TPSA) is 184 Å². The van der Waals surface area contributed by atoms with Crippen molar-refractivity contribution in [1.82, 2.24) is 10.3 Å². The van der Waals surface area contributed by atoms with Gasteiger partial charge in [0.2, 0.25) is 5.91 Å². The molecular weight excluding hydrogens is 639 g/mol. The van der Waals surface area contributed by atoms with Gasteiger partial charge in [-0.15, -0.1) is 0 Å². The molecular formula is C32H40Cl2N4O8. The van der Waals surface area contributed by atoms with E-state index >= 15 is 0 Å². The molecule has 0 radical (unpaired) electrons. The Labute approximate surface area is 277 Å². The third-order valence-electron chi connectivity index (χ3n) is 7.76. The van der Waals surface area contributed by atoms with Gasteiger partial charge in [-0.05, 0) is 68.1 Å². The Morgan fingerprint density at radius 1 is 1.02 bits per heavy atom. The van der Waals surface area contributed by atoms with E-state index in [9.17, 15) is 19.5 Å². The quantitative estimate of drug-likeness (QED) is 0.112. The first kappa shape index (κ1) is 36.6. The first-order chi connectivity index (χ1) is 22.0. The molecule has 6 N–H and O–H groups in total. The molecule has 3 atom stereocenters. The summed E-state index contributed by atoms with van der Waals surface area (Å²) in [4.78, 5) is 32.4. The SMILES string of the molecule is COc1ccc(C2=NN(CCCCNCC(O)c3cc(Cl)c(N)c(Cl)c3)C(=O)[C@@H]3CCCC[C@H]23)cc1OC.O=C(O)C=CC(=O)O. The number of rotatable bonds is 13. The van der Waals surface area contributed by atoms with Gasteiger partial charge in [0.05, 0.1) is 41.8 Å². The van der Waals surface area contributed by atoms with Gasteiger partial charge in [-0.25, -0.2) is 14.6 Å². The van der Waals surface area contributed by atoms with Crippen LogP contribution in [-0.2, 0) is 14.4 Å². The van der Waals surface area contributed by atoms with Crippen LogP contribution >= 0.6 is 23.2 Å². The van der Waals surface area contributed by atoms with Crippen molar-refractivity contribution in [2.75, 3.05) is 39.6 Å². The number of amides is 1. The lowest BCUT2D eigenvalue weighted by molar-refractivity contribution is -0.139. The summed E-state index contributed by atoms with van der Waals surface area (Å²) in [7, 11) is 3.24. The van der Waals surface area contributed by atoms with Gasteiger partial charge in [0.25, 0.3) is 0 Å². The van der Waals surface area contributed by atoms with E-state index in [2.05, 4.69) is 5.32 Å². The number of aliphatic hydroxyl groups is 1. The molecule has 1 heterocycles. The van der Waals surface area contributed by atoms with Crippen molar-refractivity contribution in [2.45, 2.75) is 44.6 Å². The maximum absolute atomic E-state index is 13.3. The highest BCUT2D eigenvalue weighted by Crippen LogP contribution is 2.39.